The lowest BCUT2D eigenvalue weighted by Gasteiger charge is -2.26. The molecule has 0 aliphatic heterocycles. The number of aryl methyl sites for hydroxylation is 1. The number of rotatable bonds is 12. The monoisotopic (exact) mass is 544 g/mol. The van der Waals surface area contributed by atoms with Crippen LogP contribution >= 0.6 is 0 Å². The molecule has 4 nitrogen and oxygen atoms in total. The Bertz CT molecular complexity index is 1250. The fraction of sp³-hybridized carbons (Fsp3) is 0.406. The predicted molar refractivity (Wildman–Crippen MR) is 149 cm³/mol. The fourth-order valence-corrected chi connectivity index (χ4v) is 4.57. The maximum atomic E-state index is 14.9. The average molecular weight is 545 g/mol. The summed E-state index contributed by atoms with van der Waals surface area (Å²) < 4.78 is 54.7. The second-order valence-corrected chi connectivity index (χ2v) is 9.99. The van der Waals surface area contributed by atoms with Crippen molar-refractivity contribution in [1.82, 2.24) is 0 Å². The lowest BCUT2D eigenvalue weighted by molar-refractivity contribution is -0.136. The van der Waals surface area contributed by atoms with Crippen molar-refractivity contribution in [3.63, 3.8) is 0 Å². The minimum absolute atomic E-state index is 0.0409. The van der Waals surface area contributed by atoms with E-state index in [0.717, 1.165) is 36.1 Å². The van der Waals surface area contributed by atoms with E-state index in [0.29, 0.717) is 23.3 Å². The van der Waals surface area contributed by atoms with Crippen molar-refractivity contribution < 1.29 is 32.5 Å². The molecule has 0 aromatic heterocycles. The smallest absolute Gasteiger partial charge is 0.303 e. The van der Waals surface area contributed by atoms with Crippen LogP contribution in [0.1, 0.15) is 70.6 Å². The highest BCUT2D eigenvalue weighted by Gasteiger charge is 2.22. The molecule has 0 radical (unpaired) electrons. The quantitative estimate of drug-likeness (QED) is 0.248. The van der Waals surface area contributed by atoms with E-state index in [4.69, 9.17) is 14.6 Å². The van der Waals surface area contributed by atoms with Crippen LogP contribution in [0.2, 0.25) is 0 Å². The fourth-order valence-electron chi connectivity index (χ4n) is 4.57. The Balaban J connectivity index is 0.00000260. The zero-order valence-corrected chi connectivity index (χ0v) is 23.7. The molecule has 0 saturated heterocycles. The molecule has 1 N–H and O–H groups in total. The van der Waals surface area contributed by atoms with E-state index >= 15 is 0 Å². The number of ether oxygens (including phenoxy) is 2. The molecule has 3 aromatic carbocycles. The number of aliphatic carboxylic acids is 1. The molecule has 0 spiro atoms. The van der Waals surface area contributed by atoms with Crippen molar-refractivity contribution in [2.75, 3.05) is 7.11 Å². The molecule has 0 saturated carbocycles. The van der Waals surface area contributed by atoms with Gasteiger partial charge in [-0.3, -0.25) is 4.79 Å². The molecule has 0 unspecified atom stereocenters. The van der Waals surface area contributed by atoms with Crippen LogP contribution in [-0.4, -0.2) is 18.2 Å². The first-order chi connectivity index (χ1) is 18.5. The molecule has 0 fully saturated rings. The molecule has 0 amide bonds. The van der Waals surface area contributed by atoms with Crippen molar-refractivity contribution in [3.8, 4) is 22.6 Å². The first-order valence-corrected chi connectivity index (χ1v) is 13.3. The van der Waals surface area contributed by atoms with Crippen LogP contribution in [0.25, 0.3) is 11.1 Å². The van der Waals surface area contributed by atoms with E-state index in [1.165, 1.54) is 13.2 Å². The third-order valence-electron chi connectivity index (χ3n) is 6.31. The standard InChI is InChI=1S/C30H33F3O4.C2H6/c1-5-12-30(2,3)17-21-13-19(6-9-24(21)25-16-23(36-4)8-10-26(25)32)18-37-27-15-22(31)14-20(29(27)33)7-11-28(34)35;1-2/h6,8-10,13-16H,5,7,11-12,17-18H2,1-4H3,(H,34,35);1-2H3. The molecule has 3 aromatic rings. The van der Waals surface area contributed by atoms with Gasteiger partial charge in [-0.05, 0) is 71.2 Å². The van der Waals surface area contributed by atoms with Crippen molar-refractivity contribution >= 4 is 5.97 Å². The van der Waals surface area contributed by atoms with E-state index in [9.17, 15) is 18.0 Å². The molecular formula is C32H39F3O4. The number of halogens is 3. The van der Waals surface area contributed by atoms with Crippen molar-refractivity contribution in [1.29, 1.82) is 0 Å². The van der Waals surface area contributed by atoms with Gasteiger partial charge in [0, 0.05) is 18.1 Å². The molecule has 0 heterocycles. The minimum atomic E-state index is -1.10. The third kappa shape index (κ3) is 9.05. The second kappa shape index (κ2) is 14.6. The SMILES string of the molecule is CC.CCCC(C)(C)Cc1cc(COc2cc(F)cc(CCC(=O)O)c2F)ccc1-c1cc(OC)ccc1F. The van der Waals surface area contributed by atoms with E-state index in [1.807, 2.05) is 26.0 Å². The number of carboxylic acid groups (broad SMARTS) is 1. The van der Waals surface area contributed by atoms with E-state index in [2.05, 4.69) is 20.8 Å². The third-order valence-corrected chi connectivity index (χ3v) is 6.31. The molecule has 212 valence electrons. The first kappa shape index (κ1) is 31.7. The molecule has 0 aliphatic rings. The summed E-state index contributed by atoms with van der Waals surface area (Å²) in [4.78, 5) is 10.8. The Morgan fingerprint density at radius 3 is 2.31 bits per heavy atom. The van der Waals surface area contributed by atoms with Crippen molar-refractivity contribution in [2.24, 2.45) is 5.41 Å². The first-order valence-electron chi connectivity index (χ1n) is 13.3. The number of hydrogen-bond donors (Lipinski definition) is 1. The summed E-state index contributed by atoms with van der Waals surface area (Å²) in [6.07, 6.45) is 2.18. The molecule has 0 atom stereocenters. The van der Waals surface area contributed by atoms with Gasteiger partial charge in [0.2, 0.25) is 0 Å². The van der Waals surface area contributed by atoms with Crippen LogP contribution < -0.4 is 9.47 Å². The van der Waals surface area contributed by atoms with Crippen LogP contribution in [0.15, 0.2) is 48.5 Å². The Kier molecular flexibility index (Phi) is 11.9. The number of methoxy groups -OCH3 is 1. The summed E-state index contributed by atoms with van der Waals surface area (Å²) in [5, 5.41) is 8.87. The van der Waals surface area contributed by atoms with Crippen LogP contribution in [-0.2, 0) is 24.2 Å². The van der Waals surface area contributed by atoms with Crippen molar-refractivity contribution in [2.45, 2.75) is 73.3 Å². The van der Waals surface area contributed by atoms with Gasteiger partial charge in [-0.2, -0.15) is 0 Å². The summed E-state index contributed by atoms with van der Waals surface area (Å²) >= 11 is 0. The zero-order chi connectivity index (χ0) is 29.2. The number of carbonyl (C=O) groups is 1. The van der Waals surface area contributed by atoms with Gasteiger partial charge in [-0.15, -0.1) is 0 Å². The Morgan fingerprint density at radius 1 is 0.949 bits per heavy atom. The largest absolute Gasteiger partial charge is 0.497 e. The highest BCUT2D eigenvalue weighted by atomic mass is 19.1. The Labute approximate surface area is 229 Å². The maximum Gasteiger partial charge on any atom is 0.303 e. The van der Waals surface area contributed by atoms with Crippen LogP contribution in [0, 0.1) is 22.9 Å². The lowest BCUT2D eigenvalue weighted by Crippen LogP contribution is -2.15. The predicted octanol–water partition coefficient (Wildman–Crippen LogP) is 8.77. The number of hydrogen-bond acceptors (Lipinski definition) is 3. The van der Waals surface area contributed by atoms with Crippen LogP contribution in [0.4, 0.5) is 13.2 Å². The maximum absolute atomic E-state index is 14.9. The molecule has 7 heteroatoms. The lowest BCUT2D eigenvalue weighted by atomic mass is 9.79. The van der Waals surface area contributed by atoms with Crippen molar-refractivity contribution in [3.05, 3.63) is 82.7 Å². The summed E-state index contributed by atoms with van der Waals surface area (Å²) in [7, 11) is 1.53. The highest BCUT2D eigenvalue weighted by molar-refractivity contribution is 5.70. The van der Waals surface area contributed by atoms with Gasteiger partial charge < -0.3 is 14.6 Å². The molecule has 39 heavy (non-hydrogen) atoms. The van der Waals surface area contributed by atoms with Gasteiger partial charge in [-0.1, -0.05) is 59.2 Å². The highest BCUT2D eigenvalue weighted by Crippen LogP contribution is 2.36. The van der Waals surface area contributed by atoms with E-state index < -0.39 is 17.6 Å². The van der Waals surface area contributed by atoms with Gasteiger partial charge in [0.05, 0.1) is 7.11 Å². The summed E-state index contributed by atoms with van der Waals surface area (Å²) in [5.41, 5.74) is 2.68. The Morgan fingerprint density at radius 2 is 1.67 bits per heavy atom. The molecule has 0 aliphatic carbocycles. The minimum Gasteiger partial charge on any atom is -0.497 e. The number of benzene rings is 3. The average Bonchev–Trinajstić information content (AvgIpc) is 2.89. The van der Waals surface area contributed by atoms with Gasteiger partial charge in [0.15, 0.2) is 11.6 Å². The zero-order valence-electron chi connectivity index (χ0n) is 23.7. The second-order valence-electron chi connectivity index (χ2n) is 9.99. The summed E-state index contributed by atoms with van der Waals surface area (Å²) in [5.74, 6) is -2.68. The van der Waals surface area contributed by atoms with Gasteiger partial charge >= 0.3 is 5.97 Å². The normalized spacial score (nSPS) is 11.0. The number of carboxylic acids is 1. The summed E-state index contributed by atoms with van der Waals surface area (Å²) in [6, 6.07) is 12.0. The van der Waals surface area contributed by atoms with E-state index in [-0.39, 0.29) is 42.0 Å². The molecule has 0 bridgehead atoms. The van der Waals surface area contributed by atoms with Gasteiger partial charge in [0.1, 0.15) is 24.0 Å². The van der Waals surface area contributed by atoms with Gasteiger partial charge in [-0.25, -0.2) is 13.2 Å². The van der Waals surface area contributed by atoms with Crippen LogP contribution in [0.3, 0.4) is 0 Å². The van der Waals surface area contributed by atoms with Gasteiger partial charge in [0.25, 0.3) is 0 Å². The van der Waals surface area contributed by atoms with E-state index in [1.54, 1.807) is 18.2 Å². The molecular weight excluding hydrogens is 505 g/mol. The topological polar surface area (TPSA) is 55.8 Å². The van der Waals surface area contributed by atoms with Crippen LogP contribution in [0.5, 0.6) is 11.5 Å². The Hall–Kier alpha value is -3.48. The summed E-state index contributed by atoms with van der Waals surface area (Å²) in [6.45, 7) is 10.4. The molecule has 3 rings (SSSR count).